The standard InChI is InChI=1S/C23H37N3O/c1-3-5-7-9-11-13-21-15-16-22(26-25-21)20-14-17-23(24-19-20)27-18-12-10-8-6-4-2/h14-17,19-20,23H,3-13,18H2,1-2H3. The Morgan fingerprint density at radius 3 is 2.19 bits per heavy atom. The van der Waals surface area contributed by atoms with Crippen molar-refractivity contribution in [2.45, 2.75) is 96.6 Å². The van der Waals surface area contributed by atoms with Crippen molar-refractivity contribution in [1.82, 2.24) is 10.2 Å². The van der Waals surface area contributed by atoms with E-state index in [1.165, 1.54) is 57.8 Å². The van der Waals surface area contributed by atoms with Crippen LogP contribution in [0.1, 0.15) is 95.4 Å². The van der Waals surface area contributed by atoms with E-state index in [9.17, 15) is 0 Å². The molecule has 2 rings (SSSR count). The number of aryl methyl sites for hydroxylation is 1. The molecule has 2 unspecified atom stereocenters. The maximum Gasteiger partial charge on any atom is 0.166 e. The molecule has 2 atom stereocenters. The Morgan fingerprint density at radius 2 is 1.56 bits per heavy atom. The van der Waals surface area contributed by atoms with Crippen LogP contribution in [0.15, 0.2) is 29.3 Å². The number of nitrogens with zero attached hydrogens (tertiary/aromatic N) is 3. The lowest BCUT2D eigenvalue weighted by Gasteiger charge is -2.16. The second-order valence-corrected chi connectivity index (χ2v) is 7.50. The van der Waals surface area contributed by atoms with Crippen LogP contribution in [0.25, 0.3) is 0 Å². The van der Waals surface area contributed by atoms with Crippen LogP contribution in [0.5, 0.6) is 0 Å². The molecule has 4 heteroatoms. The summed E-state index contributed by atoms with van der Waals surface area (Å²) < 4.78 is 5.82. The predicted octanol–water partition coefficient (Wildman–Crippen LogP) is 6.03. The van der Waals surface area contributed by atoms with E-state index >= 15 is 0 Å². The second-order valence-electron chi connectivity index (χ2n) is 7.50. The maximum atomic E-state index is 5.82. The van der Waals surface area contributed by atoms with Crippen LogP contribution in [0.4, 0.5) is 0 Å². The molecule has 0 aliphatic carbocycles. The summed E-state index contributed by atoms with van der Waals surface area (Å²) in [6.45, 7) is 5.27. The summed E-state index contributed by atoms with van der Waals surface area (Å²) in [6.07, 6.45) is 19.7. The summed E-state index contributed by atoms with van der Waals surface area (Å²) in [5.74, 6) is 0.112. The van der Waals surface area contributed by atoms with Gasteiger partial charge in [0, 0.05) is 12.8 Å². The van der Waals surface area contributed by atoms with E-state index in [-0.39, 0.29) is 12.1 Å². The van der Waals surface area contributed by atoms with Crippen LogP contribution in [0, 0.1) is 0 Å². The highest BCUT2D eigenvalue weighted by atomic mass is 16.5. The van der Waals surface area contributed by atoms with Gasteiger partial charge in [0.15, 0.2) is 6.23 Å². The Morgan fingerprint density at radius 1 is 0.815 bits per heavy atom. The highest BCUT2D eigenvalue weighted by Gasteiger charge is 2.14. The first-order chi connectivity index (χ1) is 13.3. The zero-order valence-corrected chi connectivity index (χ0v) is 17.3. The maximum absolute atomic E-state index is 5.82. The molecule has 1 aromatic rings. The van der Waals surface area contributed by atoms with Crippen molar-refractivity contribution < 1.29 is 4.74 Å². The number of unbranched alkanes of at least 4 members (excludes halogenated alkanes) is 8. The minimum atomic E-state index is -0.136. The lowest BCUT2D eigenvalue weighted by atomic mass is 10.0. The molecule has 2 heterocycles. The number of rotatable bonds is 14. The monoisotopic (exact) mass is 371 g/mol. The number of ether oxygens (including phenoxy) is 1. The summed E-state index contributed by atoms with van der Waals surface area (Å²) in [7, 11) is 0. The Kier molecular flexibility index (Phi) is 10.9. The number of allylic oxidation sites excluding steroid dienone is 1. The fourth-order valence-corrected chi connectivity index (χ4v) is 3.27. The average molecular weight is 372 g/mol. The SMILES string of the molecule is CCCCCCCOC1C=CC(c2ccc(CCCCCCC)nn2)C=N1. The molecule has 0 aromatic carbocycles. The molecule has 1 aliphatic heterocycles. The molecule has 0 fully saturated rings. The van der Waals surface area contributed by atoms with E-state index in [0.717, 1.165) is 30.8 Å². The highest BCUT2D eigenvalue weighted by Crippen LogP contribution is 2.18. The zero-order chi connectivity index (χ0) is 19.2. The van der Waals surface area contributed by atoms with Crippen LogP contribution in [-0.2, 0) is 11.2 Å². The van der Waals surface area contributed by atoms with E-state index in [4.69, 9.17) is 4.74 Å². The van der Waals surface area contributed by atoms with Crippen LogP contribution >= 0.6 is 0 Å². The van der Waals surface area contributed by atoms with Crippen molar-refractivity contribution in [2.75, 3.05) is 6.61 Å². The summed E-state index contributed by atoms with van der Waals surface area (Å²) in [5.41, 5.74) is 2.05. The van der Waals surface area contributed by atoms with Crippen LogP contribution in [-0.4, -0.2) is 29.2 Å². The molecular formula is C23H37N3O. The van der Waals surface area contributed by atoms with Gasteiger partial charge in [-0.1, -0.05) is 71.3 Å². The summed E-state index contributed by atoms with van der Waals surface area (Å²) >= 11 is 0. The molecule has 4 nitrogen and oxygen atoms in total. The van der Waals surface area contributed by atoms with Gasteiger partial charge in [-0.3, -0.25) is 4.99 Å². The van der Waals surface area contributed by atoms with Crippen LogP contribution in [0.2, 0.25) is 0 Å². The van der Waals surface area contributed by atoms with Gasteiger partial charge in [-0.05, 0) is 37.5 Å². The molecule has 0 radical (unpaired) electrons. The third kappa shape index (κ3) is 8.79. The number of aromatic nitrogens is 2. The predicted molar refractivity (Wildman–Crippen MR) is 113 cm³/mol. The van der Waals surface area contributed by atoms with Crippen molar-refractivity contribution in [3.05, 3.63) is 35.7 Å². The number of hydrogen-bond acceptors (Lipinski definition) is 4. The van der Waals surface area contributed by atoms with E-state index < -0.39 is 0 Å². The molecule has 1 aromatic heterocycles. The Labute approximate surface area is 165 Å². The van der Waals surface area contributed by atoms with Gasteiger partial charge in [0.2, 0.25) is 0 Å². The van der Waals surface area contributed by atoms with Gasteiger partial charge in [0.05, 0.1) is 17.3 Å². The Hall–Kier alpha value is -1.55. The molecule has 0 amide bonds. The molecule has 27 heavy (non-hydrogen) atoms. The minimum Gasteiger partial charge on any atom is -0.353 e. The fourth-order valence-electron chi connectivity index (χ4n) is 3.27. The molecule has 0 saturated carbocycles. The van der Waals surface area contributed by atoms with Crippen LogP contribution < -0.4 is 0 Å². The Balaban J connectivity index is 1.66. The van der Waals surface area contributed by atoms with Crippen molar-refractivity contribution in [3.8, 4) is 0 Å². The van der Waals surface area contributed by atoms with Gasteiger partial charge in [-0.15, -0.1) is 0 Å². The first-order valence-electron chi connectivity index (χ1n) is 11.0. The van der Waals surface area contributed by atoms with E-state index in [1.807, 2.05) is 12.3 Å². The Bertz CT molecular complexity index is 539. The largest absolute Gasteiger partial charge is 0.353 e. The second kappa shape index (κ2) is 13.6. The van der Waals surface area contributed by atoms with E-state index in [1.54, 1.807) is 0 Å². The topological polar surface area (TPSA) is 47.4 Å². The summed E-state index contributed by atoms with van der Waals surface area (Å²) in [6, 6.07) is 4.20. The molecule has 0 bridgehead atoms. The third-order valence-electron chi connectivity index (χ3n) is 5.03. The molecular weight excluding hydrogens is 334 g/mol. The van der Waals surface area contributed by atoms with Crippen molar-refractivity contribution in [1.29, 1.82) is 0 Å². The molecule has 150 valence electrons. The third-order valence-corrected chi connectivity index (χ3v) is 5.03. The average Bonchev–Trinajstić information content (AvgIpc) is 2.71. The molecule has 0 N–H and O–H groups in total. The van der Waals surface area contributed by atoms with Gasteiger partial charge >= 0.3 is 0 Å². The van der Waals surface area contributed by atoms with Gasteiger partial charge < -0.3 is 4.74 Å². The van der Waals surface area contributed by atoms with Crippen molar-refractivity contribution >= 4 is 6.21 Å². The van der Waals surface area contributed by atoms with Crippen molar-refractivity contribution in [3.63, 3.8) is 0 Å². The lowest BCUT2D eigenvalue weighted by Crippen LogP contribution is -2.15. The summed E-state index contributed by atoms with van der Waals surface area (Å²) in [5, 5.41) is 8.81. The zero-order valence-electron chi connectivity index (χ0n) is 17.3. The minimum absolute atomic E-state index is 0.112. The normalized spacial score (nSPS) is 18.9. The number of hydrogen-bond donors (Lipinski definition) is 0. The lowest BCUT2D eigenvalue weighted by molar-refractivity contribution is 0.0870. The first kappa shape index (κ1) is 21.7. The smallest absolute Gasteiger partial charge is 0.166 e. The van der Waals surface area contributed by atoms with E-state index in [0.29, 0.717) is 0 Å². The first-order valence-corrected chi connectivity index (χ1v) is 11.0. The highest BCUT2D eigenvalue weighted by molar-refractivity contribution is 5.71. The molecule has 1 aliphatic rings. The van der Waals surface area contributed by atoms with Crippen LogP contribution in [0.3, 0.4) is 0 Å². The van der Waals surface area contributed by atoms with Crippen molar-refractivity contribution in [2.24, 2.45) is 4.99 Å². The number of dihydropyridines is 1. The quantitative estimate of drug-likeness (QED) is 0.296. The fraction of sp³-hybridized carbons (Fsp3) is 0.696. The van der Waals surface area contributed by atoms with Gasteiger partial charge in [0.25, 0.3) is 0 Å². The van der Waals surface area contributed by atoms with Gasteiger partial charge in [0.1, 0.15) is 0 Å². The van der Waals surface area contributed by atoms with Gasteiger partial charge in [-0.2, -0.15) is 10.2 Å². The summed E-state index contributed by atoms with van der Waals surface area (Å²) in [4.78, 5) is 4.52. The molecule has 0 spiro atoms. The molecule has 0 saturated heterocycles. The van der Waals surface area contributed by atoms with E-state index in [2.05, 4.69) is 47.2 Å². The number of aliphatic imine (C=N–C) groups is 1. The van der Waals surface area contributed by atoms with Gasteiger partial charge in [-0.25, -0.2) is 0 Å².